The summed E-state index contributed by atoms with van der Waals surface area (Å²) < 4.78 is 0. The Morgan fingerprint density at radius 2 is 1.81 bits per heavy atom. The Bertz CT molecular complexity index is 462. The van der Waals surface area contributed by atoms with E-state index < -0.39 is 0 Å². The second-order valence-corrected chi connectivity index (χ2v) is 5.54. The summed E-state index contributed by atoms with van der Waals surface area (Å²) >= 11 is 1.95. The van der Waals surface area contributed by atoms with Crippen molar-refractivity contribution in [1.29, 1.82) is 0 Å². The average Bonchev–Trinajstić information content (AvgIpc) is 2.35. The Labute approximate surface area is 102 Å². The molecule has 0 aliphatic carbocycles. The average molecular weight is 230 g/mol. The number of aryl methyl sites for hydroxylation is 1. The lowest BCUT2D eigenvalue weighted by molar-refractivity contribution is 0.814. The summed E-state index contributed by atoms with van der Waals surface area (Å²) in [6, 6.07) is 15.4. The van der Waals surface area contributed by atoms with Gasteiger partial charge in [0, 0.05) is 5.25 Å². The van der Waals surface area contributed by atoms with Crippen LogP contribution in [0.2, 0.25) is 0 Å². The molecule has 16 heavy (non-hydrogen) atoms. The first-order valence-electron chi connectivity index (χ1n) is 5.80. The van der Waals surface area contributed by atoms with Gasteiger partial charge in [-0.15, -0.1) is 0 Å². The van der Waals surface area contributed by atoms with Crippen molar-refractivity contribution in [2.75, 3.05) is 6.26 Å². The summed E-state index contributed by atoms with van der Waals surface area (Å²) in [5.74, 6) is 0. The summed E-state index contributed by atoms with van der Waals surface area (Å²) in [5, 5.41) is 3.45. The van der Waals surface area contributed by atoms with Gasteiger partial charge in [0.2, 0.25) is 0 Å². The largest absolute Gasteiger partial charge is 0.162 e. The smallest absolute Gasteiger partial charge is 0.00191 e. The van der Waals surface area contributed by atoms with Gasteiger partial charge in [-0.1, -0.05) is 49.4 Å². The standard InChI is InChI=1S/C15H18S/c1-12(16-2)7-8-13-9-10-14-5-3-4-6-15(14)11-13/h3-6,9-12H,7-8H2,1-2H3. The van der Waals surface area contributed by atoms with E-state index in [1.165, 1.54) is 29.2 Å². The Hall–Kier alpha value is -0.950. The SMILES string of the molecule is CSC(C)CCc1ccc2ccccc2c1. The van der Waals surface area contributed by atoms with E-state index in [4.69, 9.17) is 0 Å². The lowest BCUT2D eigenvalue weighted by Crippen LogP contribution is -1.97. The zero-order valence-corrected chi connectivity index (χ0v) is 10.8. The second-order valence-electron chi connectivity index (χ2n) is 4.27. The van der Waals surface area contributed by atoms with Gasteiger partial charge in [-0.3, -0.25) is 0 Å². The van der Waals surface area contributed by atoms with Crippen molar-refractivity contribution < 1.29 is 0 Å². The molecule has 0 nitrogen and oxygen atoms in total. The molecule has 84 valence electrons. The first-order valence-corrected chi connectivity index (χ1v) is 7.09. The Morgan fingerprint density at radius 1 is 1.06 bits per heavy atom. The van der Waals surface area contributed by atoms with Gasteiger partial charge < -0.3 is 0 Å². The van der Waals surface area contributed by atoms with Crippen LogP contribution in [0, 0.1) is 0 Å². The summed E-state index contributed by atoms with van der Waals surface area (Å²) in [6.07, 6.45) is 4.64. The molecule has 0 aliphatic rings. The molecule has 1 heteroatoms. The molecule has 0 heterocycles. The molecule has 0 fully saturated rings. The summed E-state index contributed by atoms with van der Waals surface area (Å²) in [4.78, 5) is 0. The van der Waals surface area contributed by atoms with Crippen LogP contribution in [-0.2, 0) is 6.42 Å². The van der Waals surface area contributed by atoms with Crippen LogP contribution in [0.3, 0.4) is 0 Å². The first kappa shape index (κ1) is 11.5. The van der Waals surface area contributed by atoms with Crippen LogP contribution >= 0.6 is 11.8 Å². The molecule has 2 aromatic rings. The van der Waals surface area contributed by atoms with Gasteiger partial charge >= 0.3 is 0 Å². The van der Waals surface area contributed by atoms with Crippen molar-refractivity contribution in [2.24, 2.45) is 0 Å². The van der Waals surface area contributed by atoms with E-state index in [1.54, 1.807) is 0 Å². The highest BCUT2D eigenvalue weighted by Crippen LogP contribution is 2.18. The van der Waals surface area contributed by atoms with Gasteiger partial charge in [0.15, 0.2) is 0 Å². The lowest BCUT2D eigenvalue weighted by atomic mass is 10.0. The molecule has 0 saturated heterocycles. The number of fused-ring (bicyclic) bond motifs is 1. The zero-order chi connectivity index (χ0) is 11.4. The summed E-state index contributed by atoms with van der Waals surface area (Å²) in [7, 11) is 0. The van der Waals surface area contributed by atoms with Crippen LogP contribution in [0.25, 0.3) is 10.8 Å². The van der Waals surface area contributed by atoms with E-state index in [2.05, 4.69) is 55.6 Å². The van der Waals surface area contributed by atoms with Gasteiger partial charge in [-0.25, -0.2) is 0 Å². The van der Waals surface area contributed by atoms with Crippen molar-refractivity contribution in [3.05, 3.63) is 48.0 Å². The third kappa shape index (κ3) is 2.79. The van der Waals surface area contributed by atoms with Crippen LogP contribution < -0.4 is 0 Å². The third-order valence-corrected chi connectivity index (χ3v) is 4.10. The number of benzene rings is 2. The minimum atomic E-state index is 0.756. The van der Waals surface area contributed by atoms with E-state index >= 15 is 0 Å². The minimum absolute atomic E-state index is 0.756. The van der Waals surface area contributed by atoms with Crippen molar-refractivity contribution in [3.8, 4) is 0 Å². The highest BCUT2D eigenvalue weighted by atomic mass is 32.2. The maximum atomic E-state index is 2.32. The predicted molar refractivity (Wildman–Crippen MR) is 75.2 cm³/mol. The molecule has 0 saturated carbocycles. The van der Waals surface area contributed by atoms with Gasteiger partial charge in [0.25, 0.3) is 0 Å². The highest BCUT2D eigenvalue weighted by Gasteiger charge is 2.01. The first-order chi connectivity index (χ1) is 7.79. The molecule has 0 bridgehead atoms. The van der Waals surface area contributed by atoms with Crippen molar-refractivity contribution in [2.45, 2.75) is 25.0 Å². The van der Waals surface area contributed by atoms with Crippen LogP contribution in [0.1, 0.15) is 18.9 Å². The number of hydrogen-bond donors (Lipinski definition) is 0. The van der Waals surface area contributed by atoms with Crippen molar-refractivity contribution in [1.82, 2.24) is 0 Å². The monoisotopic (exact) mass is 230 g/mol. The number of thioether (sulfide) groups is 1. The topological polar surface area (TPSA) is 0 Å². The molecule has 0 aromatic heterocycles. The lowest BCUT2D eigenvalue weighted by Gasteiger charge is -2.08. The van der Waals surface area contributed by atoms with E-state index in [1.807, 2.05) is 11.8 Å². The van der Waals surface area contributed by atoms with E-state index in [9.17, 15) is 0 Å². The number of rotatable bonds is 4. The molecule has 0 N–H and O–H groups in total. The van der Waals surface area contributed by atoms with Gasteiger partial charge in [0.1, 0.15) is 0 Å². The summed E-state index contributed by atoms with van der Waals surface area (Å²) in [6.45, 7) is 2.30. The second kappa shape index (κ2) is 5.40. The number of hydrogen-bond acceptors (Lipinski definition) is 1. The van der Waals surface area contributed by atoms with E-state index in [0.29, 0.717) is 0 Å². The van der Waals surface area contributed by atoms with E-state index in [-0.39, 0.29) is 0 Å². The molecule has 2 aromatic carbocycles. The zero-order valence-electron chi connectivity index (χ0n) is 9.94. The molecule has 0 amide bonds. The van der Waals surface area contributed by atoms with Crippen molar-refractivity contribution >= 4 is 22.5 Å². The molecule has 1 atom stereocenters. The van der Waals surface area contributed by atoms with Crippen molar-refractivity contribution in [3.63, 3.8) is 0 Å². The molecular weight excluding hydrogens is 212 g/mol. The van der Waals surface area contributed by atoms with Crippen LogP contribution in [0.15, 0.2) is 42.5 Å². The fourth-order valence-electron chi connectivity index (χ4n) is 1.88. The Kier molecular flexibility index (Phi) is 3.89. The quantitative estimate of drug-likeness (QED) is 0.744. The maximum absolute atomic E-state index is 2.32. The van der Waals surface area contributed by atoms with Crippen LogP contribution in [-0.4, -0.2) is 11.5 Å². The normalized spacial score (nSPS) is 12.9. The molecule has 1 unspecified atom stereocenters. The Balaban J connectivity index is 2.13. The van der Waals surface area contributed by atoms with Crippen LogP contribution in [0.4, 0.5) is 0 Å². The van der Waals surface area contributed by atoms with Gasteiger partial charge in [-0.05, 0) is 35.4 Å². The molecule has 0 radical (unpaired) electrons. The van der Waals surface area contributed by atoms with Gasteiger partial charge in [0.05, 0.1) is 0 Å². The highest BCUT2D eigenvalue weighted by molar-refractivity contribution is 7.99. The molecule has 0 aliphatic heterocycles. The molecule has 2 rings (SSSR count). The fraction of sp³-hybridized carbons (Fsp3) is 0.333. The predicted octanol–water partition coefficient (Wildman–Crippen LogP) is 4.52. The fourth-order valence-corrected chi connectivity index (χ4v) is 2.24. The van der Waals surface area contributed by atoms with Gasteiger partial charge in [-0.2, -0.15) is 11.8 Å². The Morgan fingerprint density at radius 3 is 2.56 bits per heavy atom. The minimum Gasteiger partial charge on any atom is -0.162 e. The van der Waals surface area contributed by atoms with Crippen LogP contribution in [0.5, 0.6) is 0 Å². The molecule has 0 spiro atoms. The third-order valence-electron chi connectivity index (χ3n) is 3.06. The maximum Gasteiger partial charge on any atom is 0.00191 e. The van der Waals surface area contributed by atoms with E-state index in [0.717, 1.165) is 5.25 Å². The molecular formula is C15H18S. The summed E-state index contributed by atoms with van der Waals surface area (Å²) in [5.41, 5.74) is 1.46.